The first-order chi connectivity index (χ1) is 9.58. The van der Waals surface area contributed by atoms with Gasteiger partial charge in [0.25, 0.3) is 0 Å². The molecule has 0 aliphatic rings. The van der Waals surface area contributed by atoms with Crippen LogP contribution in [0.25, 0.3) is 0 Å². The fourth-order valence-corrected chi connectivity index (χ4v) is 2.13. The zero-order valence-electron chi connectivity index (χ0n) is 10.4. The summed E-state index contributed by atoms with van der Waals surface area (Å²) >= 11 is 12.0. The Labute approximate surface area is 126 Å². The molecule has 20 heavy (non-hydrogen) atoms. The summed E-state index contributed by atoms with van der Waals surface area (Å²) in [5, 5.41) is 10.2. The molecule has 0 saturated carbocycles. The van der Waals surface area contributed by atoms with Crippen molar-refractivity contribution < 1.29 is 14.6 Å². The Balaban J connectivity index is 2.19. The van der Waals surface area contributed by atoms with Crippen LogP contribution in [0, 0.1) is 0 Å². The molecule has 0 aliphatic heterocycles. The van der Waals surface area contributed by atoms with E-state index in [0.29, 0.717) is 21.4 Å². The molecule has 0 spiro atoms. The number of hydrogen-bond acceptors (Lipinski definition) is 2. The number of halogens is 2. The molecule has 104 valence electrons. The Hall–Kier alpha value is -1.71. The van der Waals surface area contributed by atoms with E-state index in [4.69, 9.17) is 27.9 Å². The molecule has 2 aromatic carbocycles. The van der Waals surface area contributed by atoms with Crippen LogP contribution in [0.2, 0.25) is 10.0 Å². The average molecular weight is 311 g/mol. The van der Waals surface area contributed by atoms with Crippen molar-refractivity contribution in [2.24, 2.45) is 0 Å². The molecule has 0 heterocycles. The van der Waals surface area contributed by atoms with E-state index in [1.807, 2.05) is 0 Å². The Morgan fingerprint density at radius 3 is 2.25 bits per heavy atom. The number of benzene rings is 2. The van der Waals surface area contributed by atoms with Crippen molar-refractivity contribution in [2.75, 3.05) is 0 Å². The van der Waals surface area contributed by atoms with Gasteiger partial charge in [-0.25, -0.2) is 4.79 Å². The number of carboxylic acids is 1. The number of rotatable bonds is 5. The molecular formula is C15H12Cl2O3. The van der Waals surface area contributed by atoms with Crippen LogP contribution in [-0.4, -0.2) is 17.2 Å². The lowest BCUT2D eigenvalue weighted by Gasteiger charge is -2.16. The van der Waals surface area contributed by atoms with Gasteiger partial charge in [0, 0.05) is 11.4 Å². The number of ether oxygens (including phenoxy) is 1. The molecule has 1 atom stereocenters. The SMILES string of the molecule is O=C(O)[C@@H](Cc1ccccc1Cl)Oc1ccccc1Cl. The molecule has 0 aliphatic carbocycles. The summed E-state index contributed by atoms with van der Waals surface area (Å²) in [6, 6.07) is 13.8. The van der Waals surface area contributed by atoms with E-state index in [1.54, 1.807) is 48.5 Å². The number of aliphatic carboxylic acids is 1. The van der Waals surface area contributed by atoms with Crippen molar-refractivity contribution in [3.63, 3.8) is 0 Å². The van der Waals surface area contributed by atoms with E-state index >= 15 is 0 Å². The smallest absolute Gasteiger partial charge is 0.345 e. The van der Waals surface area contributed by atoms with Gasteiger partial charge in [-0.3, -0.25) is 0 Å². The average Bonchev–Trinajstić information content (AvgIpc) is 2.42. The zero-order valence-corrected chi connectivity index (χ0v) is 11.9. The van der Waals surface area contributed by atoms with Crippen molar-refractivity contribution in [1.82, 2.24) is 0 Å². The molecule has 0 saturated heterocycles. The highest BCUT2D eigenvalue weighted by Crippen LogP contribution is 2.26. The Kier molecular flexibility index (Phi) is 4.88. The molecule has 0 aromatic heterocycles. The predicted octanol–water partition coefficient (Wildman–Crippen LogP) is 4.07. The lowest BCUT2D eigenvalue weighted by atomic mass is 10.1. The van der Waals surface area contributed by atoms with Gasteiger partial charge in [0.15, 0.2) is 6.10 Å². The molecule has 0 amide bonds. The van der Waals surface area contributed by atoms with E-state index in [1.165, 1.54) is 0 Å². The monoisotopic (exact) mass is 310 g/mol. The molecule has 0 bridgehead atoms. The summed E-state index contributed by atoms with van der Waals surface area (Å²) in [7, 11) is 0. The van der Waals surface area contributed by atoms with Gasteiger partial charge in [-0.15, -0.1) is 0 Å². The van der Waals surface area contributed by atoms with Crippen molar-refractivity contribution in [3.8, 4) is 5.75 Å². The van der Waals surface area contributed by atoms with Crippen LogP contribution in [0.5, 0.6) is 5.75 Å². The van der Waals surface area contributed by atoms with E-state index < -0.39 is 12.1 Å². The highest BCUT2D eigenvalue weighted by molar-refractivity contribution is 6.32. The molecule has 1 N–H and O–H groups in total. The van der Waals surface area contributed by atoms with Crippen LogP contribution in [0.15, 0.2) is 48.5 Å². The maximum Gasteiger partial charge on any atom is 0.345 e. The van der Waals surface area contributed by atoms with Crippen molar-refractivity contribution in [2.45, 2.75) is 12.5 Å². The topological polar surface area (TPSA) is 46.5 Å². The first-order valence-corrected chi connectivity index (χ1v) is 6.71. The van der Waals surface area contributed by atoms with Gasteiger partial charge in [-0.2, -0.15) is 0 Å². The van der Waals surface area contributed by atoms with Gasteiger partial charge in [-0.05, 0) is 23.8 Å². The normalized spacial score (nSPS) is 11.9. The van der Waals surface area contributed by atoms with E-state index in [9.17, 15) is 9.90 Å². The Morgan fingerprint density at radius 2 is 1.65 bits per heavy atom. The van der Waals surface area contributed by atoms with E-state index in [0.717, 1.165) is 0 Å². The van der Waals surface area contributed by atoms with Gasteiger partial charge < -0.3 is 9.84 Å². The van der Waals surface area contributed by atoms with Crippen LogP contribution in [-0.2, 0) is 11.2 Å². The summed E-state index contributed by atoms with van der Waals surface area (Å²) in [5.41, 5.74) is 0.716. The number of carboxylic acid groups (broad SMARTS) is 1. The minimum atomic E-state index is -1.06. The maximum absolute atomic E-state index is 11.3. The van der Waals surface area contributed by atoms with Gasteiger partial charge in [-0.1, -0.05) is 53.5 Å². The fourth-order valence-electron chi connectivity index (χ4n) is 1.74. The van der Waals surface area contributed by atoms with Crippen molar-refractivity contribution >= 4 is 29.2 Å². The third kappa shape index (κ3) is 3.65. The fraction of sp³-hybridized carbons (Fsp3) is 0.133. The predicted molar refractivity (Wildman–Crippen MR) is 78.7 cm³/mol. The van der Waals surface area contributed by atoms with E-state index in [2.05, 4.69) is 0 Å². The van der Waals surface area contributed by atoms with Crippen molar-refractivity contribution in [1.29, 1.82) is 0 Å². The summed E-state index contributed by atoms with van der Waals surface area (Å²) in [6.45, 7) is 0. The lowest BCUT2D eigenvalue weighted by Crippen LogP contribution is -2.29. The minimum Gasteiger partial charge on any atom is -0.478 e. The second-order valence-corrected chi connectivity index (χ2v) is 4.99. The van der Waals surface area contributed by atoms with Gasteiger partial charge in [0.1, 0.15) is 5.75 Å². The molecule has 5 heteroatoms. The number of carbonyl (C=O) groups is 1. The van der Waals surface area contributed by atoms with Crippen molar-refractivity contribution in [3.05, 3.63) is 64.1 Å². The second-order valence-electron chi connectivity index (χ2n) is 4.17. The number of para-hydroxylation sites is 1. The lowest BCUT2D eigenvalue weighted by molar-refractivity contribution is -0.145. The summed E-state index contributed by atoms with van der Waals surface area (Å²) in [6.07, 6.45) is -0.880. The van der Waals surface area contributed by atoms with Crippen LogP contribution in [0.1, 0.15) is 5.56 Å². The molecule has 2 rings (SSSR count). The summed E-state index contributed by atoms with van der Waals surface area (Å²) < 4.78 is 5.48. The molecule has 3 nitrogen and oxygen atoms in total. The Morgan fingerprint density at radius 1 is 1.05 bits per heavy atom. The molecule has 2 aromatic rings. The summed E-state index contributed by atoms with van der Waals surface area (Å²) in [5.74, 6) is -0.724. The first kappa shape index (κ1) is 14.7. The maximum atomic E-state index is 11.3. The molecule has 0 unspecified atom stereocenters. The Bertz CT molecular complexity index is 566. The first-order valence-electron chi connectivity index (χ1n) is 5.95. The van der Waals surface area contributed by atoms with Crippen LogP contribution in [0.3, 0.4) is 0 Å². The van der Waals surface area contributed by atoms with Crippen LogP contribution in [0.4, 0.5) is 0 Å². The van der Waals surface area contributed by atoms with E-state index in [-0.39, 0.29) is 6.42 Å². The third-order valence-electron chi connectivity index (χ3n) is 2.74. The quantitative estimate of drug-likeness (QED) is 0.905. The summed E-state index contributed by atoms with van der Waals surface area (Å²) in [4.78, 5) is 11.3. The molecule has 0 fully saturated rings. The van der Waals surface area contributed by atoms with Crippen LogP contribution < -0.4 is 4.74 Å². The highest BCUT2D eigenvalue weighted by Gasteiger charge is 2.22. The standard InChI is InChI=1S/C15H12Cl2O3/c16-11-6-2-1-5-10(11)9-14(15(18)19)20-13-8-4-3-7-12(13)17/h1-8,14H,9H2,(H,18,19)/t14-/m1/s1. The minimum absolute atomic E-state index is 0.167. The van der Waals surface area contributed by atoms with Gasteiger partial charge in [0.2, 0.25) is 0 Å². The second kappa shape index (κ2) is 6.64. The molecule has 0 radical (unpaired) electrons. The number of hydrogen-bond donors (Lipinski definition) is 1. The zero-order chi connectivity index (χ0) is 14.5. The molecular weight excluding hydrogens is 299 g/mol. The highest BCUT2D eigenvalue weighted by atomic mass is 35.5. The van der Waals surface area contributed by atoms with Gasteiger partial charge >= 0.3 is 5.97 Å². The third-order valence-corrected chi connectivity index (χ3v) is 3.43. The largest absolute Gasteiger partial charge is 0.478 e. The van der Waals surface area contributed by atoms with Gasteiger partial charge in [0.05, 0.1) is 5.02 Å². The van der Waals surface area contributed by atoms with Crippen LogP contribution >= 0.6 is 23.2 Å².